The molecule has 4 aromatic rings. The van der Waals surface area contributed by atoms with Gasteiger partial charge in [0.1, 0.15) is 17.6 Å². The number of halogens is 2. The van der Waals surface area contributed by atoms with Crippen molar-refractivity contribution >= 4 is 62.1 Å². The lowest BCUT2D eigenvalue weighted by Crippen LogP contribution is -2.39. The molecule has 9 nitrogen and oxygen atoms in total. The van der Waals surface area contributed by atoms with Crippen LogP contribution in [-0.4, -0.2) is 50.3 Å². The van der Waals surface area contributed by atoms with Crippen LogP contribution < -0.4 is 5.32 Å². The molecule has 0 bridgehead atoms. The Hall–Kier alpha value is -3.60. The number of fused-ring (bicyclic) bond motifs is 2. The quantitative estimate of drug-likeness (QED) is 0.315. The van der Waals surface area contributed by atoms with Gasteiger partial charge in [0.25, 0.3) is 11.8 Å². The molecule has 0 fully saturated rings. The van der Waals surface area contributed by atoms with Crippen LogP contribution in [-0.2, 0) is 34.0 Å². The number of nitrogens with one attached hydrogen (secondary N) is 1. The van der Waals surface area contributed by atoms with E-state index in [2.05, 4.69) is 5.32 Å². The molecule has 0 unspecified atom stereocenters. The van der Waals surface area contributed by atoms with Crippen LogP contribution in [0, 0.1) is 0 Å². The van der Waals surface area contributed by atoms with Crippen LogP contribution in [0.4, 0.5) is 0 Å². The minimum Gasteiger partial charge on any atom is -0.464 e. The van der Waals surface area contributed by atoms with Crippen LogP contribution in [0.25, 0.3) is 11.0 Å². The molecule has 5 rings (SSSR count). The average molecular weight is 589 g/mol. The number of sulfone groups is 1. The lowest BCUT2D eigenvalue weighted by molar-refractivity contribution is -0.109. The molecule has 1 N–H and O–H groups in total. The van der Waals surface area contributed by atoms with E-state index in [0.717, 1.165) is 17.2 Å². The third-order valence-corrected chi connectivity index (χ3v) is 8.19. The van der Waals surface area contributed by atoms with Crippen LogP contribution in [0.1, 0.15) is 37.6 Å². The van der Waals surface area contributed by atoms with Gasteiger partial charge < -0.3 is 23.8 Å². The summed E-state index contributed by atoms with van der Waals surface area (Å²) in [5, 5.41) is 3.47. The van der Waals surface area contributed by atoms with Crippen molar-refractivity contribution in [1.29, 1.82) is 0 Å². The highest BCUT2D eigenvalue weighted by Crippen LogP contribution is 2.35. The largest absolute Gasteiger partial charge is 0.464 e. The molecule has 0 spiro atoms. The van der Waals surface area contributed by atoms with Crippen LogP contribution in [0.5, 0.6) is 0 Å². The molecule has 0 saturated heterocycles. The fourth-order valence-electron chi connectivity index (χ4n) is 4.56. The van der Waals surface area contributed by atoms with Gasteiger partial charge in [-0.2, -0.15) is 0 Å². The van der Waals surface area contributed by atoms with E-state index < -0.39 is 21.8 Å². The van der Waals surface area contributed by atoms with Gasteiger partial charge in [0.2, 0.25) is 14.9 Å². The molecular weight excluding hydrogens is 567 g/mol. The van der Waals surface area contributed by atoms with Crippen molar-refractivity contribution in [3.63, 3.8) is 0 Å². The van der Waals surface area contributed by atoms with Crippen molar-refractivity contribution in [1.82, 2.24) is 10.2 Å². The Balaban J connectivity index is 1.32. The third kappa shape index (κ3) is 5.45. The van der Waals surface area contributed by atoms with Crippen LogP contribution in [0.3, 0.4) is 0 Å². The molecule has 2 aromatic heterocycles. The lowest BCUT2D eigenvalue weighted by atomic mass is 9.95. The minimum atomic E-state index is -3.55. The fraction of sp³-hybridized carbons (Fsp3) is 0.222. The Kier molecular flexibility index (Phi) is 7.28. The topological polar surface area (TPSA) is 127 Å². The highest BCUT2D eigenvalue weighted by atomic mass is 35.5. The van der Waals surface area contributed by atoms with E-state index in [-0.39, 0.29) is 45.3 Å². The van der Waals surface area contributed by atoms with Gasteiger partial charge in [-0.1, -0.05) is 29.3 Å². The number of amides is 2. The predicted molar refractivity (Wildman–Crippen MR) is 144 cm³/mol. The zero-order valence-corrected chi connectivity index (χ0v) is 22.9. The van der Waals surface area contributed by atoms with Gasteiger partial charge in [-0.15, -0.1) is 0 Å². The molecule has 3 heterocycles. The van der Waals surface area contributed by atoms with Gasteiger partial charge in [0.05, 0.1) is 27.9 Å². The van der Waals surface area contributed by atoms with Crippen molar-refractivity contribution in [2.75, 3.05) is 12.8 Å². The Morgan fingerprint density at radius 3 is 2.67 bits per heavy atom. The molecule has 0 radical (unpaired) electrons. The molecule has 0 saturated carbocycles. The zero-order chi connectivity index (χ0) is 27.9. The minimum absolute atomic E-state index is 0.0169. The van der Waals surface area contributed by atoms with E-state index in [4.69, 9.17) is 32.0 Å². The maximum Gasteiger partial charge on any atom is 0.254 e. The van der Waals surface area contributed by atoms with Crippen LogP contribution >= 0.6 is 23.2 Å². The maximum atomic E-state index is 13.2. The number of furan rings is 2. The number of hydrogen-bond donors (Lipinski definition) is 1. The van der Waals surface area contributed by atoms with E-state index in [0.29, 0.717) is 36.0 Å². The average Bonchev–Trinajstić information content (AvgIpc) is 3.56. The summed E-state index contributed by atoms with van der Waals surface area (Å²) < 4.78 is 34.0. The SMILES string of the molecule is CS(=O)(=O)c1ccc(C[C@@H](C=O)NC(=O)c2c(Cl)cc3c(c2Cl)CCN(C(=O)c2ccc4ccoc4c2)C3)o1. The molecule has 1 aliphatic heterocycles. The number of carbonyl (C=O) groups excluding carboxylic acids is 3. The molecule has 2 aromatic carbocycles. The second kappa shape index (κ2) is 10.5. The Morgan fingerprint density at radius 1 is 1.15 bits per heavy atom. The smallest absolute Gasteiger partial charge is 0.254 e. The molecular formula is C27H22Cl2N2O7S. The number of hydrogen-bond acceptors (Lipinski definition) is 7. The highest BCUT2D eigenvalue weighted by Gasteiger charge is 2.29. The first-order valence-electron chi connectivity index (χ1n) is 11.9. The Morgan fingerprint density at radius 2 is 1.95 bits per heavy atom. The normalized spacial score (nSPS) is 14.2. The van der Waals surface area contributed by atoms with Gasteiger partial charge >= 0.3 is 0 Å². The molecule has 202 valence electrons. The molecule has 1 atom stereocenters. The summed E-state index contributed by atoms with van der Waals surface area (Å²) in [4.78, 5) is 39.6. The molecule has 1 aliphatic rings. The first kappa shape index (κ1) is 27.0. The van der Waals surface area contributed by atoms with Crippen molar-refractivity contribution in [3.05, 3.63) is 86.8 Å². The van der Waals surface area contributed by atoms with E-state index in [1.807, 2.05) is 12.1 Å². The molecule has 0 aliphatic carbocycles. The predicted octanol–water partition coefficient (Wildman–Crippen LogP) is 4.47. The van der Waals surface area contributed by atoms with Crippen LogP contribution in [0.2, 0.25) is 10.0 Å². The second-order valence-electron chi connectivity index (χ2n) is 9.25. The summed E-state index contributed by atoms with van der Waals surface area (Å²) in [6.07, 6.45) is 3.43. The molecule has 39 heavy (non-hydrogen) atoms. The fourth-order valence-corrected chi connectivity index (χ4v) is 5.90. The first-order chi connectivity index (χ1) is 18.5. The van der Waals surface area contributed by atoms with E-state index in [1.165, 1.54) is 12.1 Å². The van der Waals surface area contributed by atoms with Gasteiger partial charge in [-0.05, 0) is 53.9 Å². The van der Waals surface area contributed by atoms with Crippen molar-refractivity contribution < 1.29 is 31.6 Å². The summed E-state index contributed by atoms with van der Waals surface area (Å²) in [5.74, 6) is -0.616. The van der Waals surface area contributed by atoms with Gasteiger partial charge in [0, 0.05) is 36.7 Å². The monoisotopic (exact) mass is 588 g/mol. The van der Waals surface area contributed by atoms with Gasteiger partial charge in [-0.25, -0.2) is 8.42 Å². The number of nitrogens with zero attached hydrogens (tertiary/aromatic N) is 1. The lowest BCUT2D eigenvalue weighted by Gasteiger charge is -2.30. The Bertz CT molecular complexity index is 1730. The number of benzene rings is 2. The first-order valence-corrected chi connectivity index (χ1v) is 14.5. The van der Waals surface area contributed by atoms with Crippen molar-refractivity contribution in [2.24, 2.45) is 0 Å². The third-order valence-electron chi connectivity index (χ3n) is 6.53. The van der Waals surface area contributed by atoms with E-state index >= 15 is 0 Å². The standard InChI is InChI=1S/C27H22Cl2N2O7S/c1-39(35,36)23-5-4-19(38-23)12-18(14-32)30-26(33)24-21(28)10-17-13-31(8-6-20(17)25(24)29)27(34)16-3-2-15-7-9-37-22(15)11-16/h2-5,7,9-11,14,18H,6,8,12-13H2,1H3,(H,30,33)/t18-/m0/s1. The number of rotatable bonds is 7. The highest BCUT2D eigenvalue weighted by molar-refractivity contribution is 7.90. The van der Waals surface area contributed by atoms with Crippen LogP contribution in [0.15, 0.2) is 62.7 Å². The Labute approximate surface area is 233 Å². The second-order valence-corrected chi connectivity index (χ2v) is 12.0. The molecule has 12 heteroatoms. The summed E-state index contributed by atoms with van der Waals surface area (Å²) in [6.45, 7) is 0.631. The maximum absolute atomic E-state index is 13.2. The van der Waals surface area contributed by atoms with Gasteiger partial charge in [0.15, 0.2) is 0 Å². The zero-order valence-electron chi connectivity index (χ0n) is 20.6. The van der Waals surface area contributed by atoms with E-state index in [1.54, 1.807) is 29.4 Å². The summed E-state index contributed by atoms with van der Waals surface area (Å²) >= 11 is 13.1. The van der Waals surface area contributed by atoms with Crippen molar-refractivity contribution in [3.8, 4) is 0 Å². The number of carbonyl (C=O) groups is 3. The van der Waals surface area contributed by atoms with Gasteiger partial charge in [-0.3, -0.25) is 9.59 Å². The van der Waals surface area contributed by atoms with Crippen molar-refractivity contribution in [2.45, 2.75) is 30.5 Å². The van der Waals surface area contributed by atoms with E-state index in [9.17, 15) is 22.8 Å². The summed E-state index contributed by atoms with van der Waals surface area (Å²) in [6, 6.07) is 10.4. The molecule has 2 amide bonds. The summed E-state index contributed by atoms with van der Waals surface area (Å²) in [5.41, 5.74) is 2.55. The summed E-state index contributed by atoms with van der Waals surface area (Å²) in [7, 11) is -3.55. The number of aldehydes is 1.